The summed E-state index contributed by atoms with van der Waals surface area (Å²) >= 11 is 6.05. The van der Waals surface area contributed by atoms with Crippen molar-refractivity contribution < 1.29 is 14.6 Å². The fourth-order valence-corrected chi connectivity index (χ4v) is 1.64. The summed E-state index contributed by atoms with van der Waals surface area (Å²) in [6.45, 7) is 4.35. The zero-order valence-electron chi connectivity index (χ0n) is 10.6. The third kappa shape index (κ3) is 4.55. The summed E-state index contributed by atoms with van der Waals surface area (Å²) in [5, 5.41) is 11.8. The lowest BCUT2D eigenvalue weighted by molar-refractivity contribution is -0.121. The second kappa shape index (κ2) is 7.24. The lowest BCUT2D eigenvalue weighted by Crippen LogP contribution is -2.27. The maximum Gasteiger partial charge on any atom is 0.223 e. The van der Waals surface area contributed by atoms with Gasteiger partial charge in [-0.15, -0.1) is 0 Å². The van der Waals surface area contributed by atoms with Crippen molar-refractivity contribution in [2.24, 2.45) is 0 Å². The molecule has 4 nitrogen and oxygen atoms in total. The lowest BCUT2D eigenvalue weighted by Gasteiger charge is -2.10. The topological polar surface area (TPSA) is 58.6 Å². The van der Waals surface area contributed by atoms with Crippen LogP contribution in [0.3, 0.4) is 0 Å². The second-order valence-electron chi connectivity index (χ2n) is 4.04. The van der Waals surface area contributed by atoms with Crippen LogP contribution in [-0.4, -0.2) is 30.8 Å². The number of benzene rings is 1. The fourth-order valence-electron chi connectivity index (χ4n) is 1.53. The Labute approximate surface area is 112 Å². The molecule has 100 valence electrons. The minimum atomic E-state index is -0.133. The average Bonchev–Trinajstić information content (AvgIpc) is 2.33. The standard InChI is InChI=1S/C13H18ClNO3/c1-9-7-11(8-10(2)13(9)14)18-6-3-12(17)15-4-5-16/h7-8,16H,3-6H2,1-2H3,(H,15,17). The first kappa shape index (κ1) is 14.8. The molecule has 1 rings (SSSR count). The number of hydrogen-bond acceptors (Lipinski definition) is 3. The Morgan fingerprint density at radius 2 is 2.00 bits per heavy atom. The van der Waals surface area contributed by atoms with E-state index in [0.29, 0.717) is 12.4 Å². The Kier molecular flexibility index (Phi) is 5.95. The van der Waals surface area contributed by atoms with Gasteiger partial charge in [-0.1, -0.05) is 11.6 Å². The smallest absolute Gasteiger partial charge is 0.223 e. The molecule has 0 spiro atoms. The predicted molar refractivity (Wildman–Crippen MR) is 71.1 cm³/mol. The molecule has 0 saturated carbocycles. The van der Waals surface area contributed by atoms with Crippen molar-refractivity contribution in [3.63, 3.8) is 0 Å². The van der Waals surface area contributed by atoms with Crippen LogP contribution in [0.25, 0.3) is 0 Å². The first-order valence-electron chi connectivity index (χ1n) is 5.81. The summed E-state index contributed by atoms with van der Waals surface area (Å²) in [7, 11) is 0. The van der Waals surface area contributed by atoms with Crippen molar-refractivity contribution >= 4 is 17.5 Å². The van der Waals surface area contributed by atoms with Crippen molar-refractivity contribution in [1.29, 1.82) is 0 Å². The van der Waals surface area contributed by atoms with E-state index in [1.54, 1.807) is 0 Å². The van der Waals surface area contributed by atoms with Crippen molar-refractivity contribution in [2.75, 3.05) is 19.8 Å². The molecule has 1 aromatic rings. The molecular formula is C13H18ClNO3. The van der Waals surface area contributed by atoms with Gasteiger partial charge in [-0.25, -0.2) is 0 Å². The van der Waals surface area contributed by atoms with Crippen molar-refractivity contribution in [1.82, 2.24) is 5.32 Å². The maximum atomic E-state index is 11.3. The summed E-state index contributed by atoms with van der Waals surface area (Å²) in [6.07, 6.45) is 0.265. The minimum absolute atomic E-state index is 0.0534. The number of rotatable bonds is 6. The van der Waals surface area contributed by atoms with Crippen LogP contribution >= 0.6 is 11.6 Å². The number of carbonyl (C=O) groups excluding carboxylic acids is 1. The quantitative estimate of drug-likeness (QED) is 0.830. The van der Waals surface area contributed by atoms with Crippen LogP contribution in [0.1, 0.15) is 17.5 Å². The molecule has 0 unspecified atom stereocenters. The molecule has 0 bridgehead atoms. The van der Waals surface area contributed by atoms with Gasteiger partial charge < -0.3 is 15.2 Å². The first-order chi connectivity index (χ1) is 8.54. The van der Waals surface area contributed by atoms with E-state index < -0.39 is 0 Å². The van der Waals surface area contributed by atoms with E-state index in [4.69, 9.17) is 21.4 Å². The highest BCUT2D eigenvalue weighted by atomic mass is 35.5. The van der Waals surface area contributed by atoms with Gasteiger partial charge in [0.1, 0.15) is 5.75 Å². The molecule has 2 N–H and O–H groups in total. The molecular weight excluding hydrogens is 254 g/mol. The molecule has 0 aliphatic carbocycles. The van der Waals surface area contributed by atoms with E-state index in [1.807, 2.05) is 26.0 Å². The SMILES string of the molecule is Cc1cc(OCCC(=O)NCCO)cc(C)c1Cl. The van der Waals surface area contributed by atoms with E-state index in [-0.39, 0.29) is 25.5 Å². The van der Waals surface area contributed by atoms with E-state index in [0.717, 1.165) is 16.1 Å². The normalized spacial score (nSPS) is 10.2. The number of carbonyl (C=O) groups is 1. The Bertz CT molecular complexity index is 398. The van der Waals surface area contributed by atoms with Gasteiger partial charge in [0.15, 0.2) is 0 Å². The first-order valence-corrected chi connectivity index (χ1v) is 6.19. The number of amides is 1. The van der Waals surface area contributed by atoms with Crippen LogP contribution in [0.5, 0.6) is 5.75 Å². The largest absolute Gasteiger partial charge is 0.493 e. The molecule has 18 heavy (non-hydrogen) atoms. The number of ether oxygens (including phenoxy) is 1. The highest BCUT2D eigenvalue weighted by Crippen LogP contribution is 2.25. The summed E-state index contributed by atoms with van der Waals surface area (Å²) in [6, 6.07) is 3.70. The van der Waals surface area contributed by atoms with Gasteiger partial charge in [-0.2, -0.15) is 0 Å². The van der Waals surface area contributed by atoms with Gasteiger partial charge in [0.25, 0.3) is 0 Å². The number of aryl methyl sites for hydroxylation is 2. The van der Waals surface area contributed by atoms with Crippen LogP contribution in [0.4, 0.5) is 0 Å². The molecule has 0 aliphatic rings. The van der Waals surface area contributed by atoms with Crippen molar-refractivity contribution in [3.8, 4) is 5.75 Å². The molecule has 0 radical (unpaired) electrons. The number of aliphatic hydroxyl groups is 1. The van der Waals surface area contributed by atoms with Gasteiger partial charge in [0.05, 0.1) is 19.6 Å². The lowest BCUT2D eigenvalue weighted by atomic mass is 10.1. The summed E-state index contributed by atoms with van der Waals surface area (Å²) in [5.41, 5.74) is 1.91. The van der Waals surface area contributed by atoms with Gasteiger partial charge >= 0.3 is 0 Å². The predicted octanol–water partition coefficient (Wildman–Crippen LogP) is 1.83. The van der Waals surface area contributed by atoms with Crippen LogP contribution in [0, 0.1) is 13.8 Å². The van der Waals surface area contributed by atoms with Crippen molar-refractivity contribution in [2.45, 2.75) is 20.3 Å². The van der Waals surface area contributed by atoms with Gasteiger partial charge in [0.2, 0.25) is 5.91 Å². The van der Waals surface area contributed by atoms with Gasteiger partial charge in [-0.05, 0) is 37.1 Å². The molecule has 0 atom stereocenters. The average molecular weight is 272 g/mol. The van der Waals surface area contributed by atoms with Crippen LogP contribution in [-0.2, 0) is 4.79 Å². The Balaban J connectivity index is 2.42. The molecule has 1 aromatic carbocycles. The van der Waals surface area contributed by atoms with Crippen LogP contribution in [0.2, 0.25) is 5.02 Å². The molecule has 5 heteroatoms. The van der Waals surface area contributed by atoms with Gasteiger partial charge in [0, 0.05) is 11.6 Å². The monoisotopic (exact) mass is 271 g/mol. The summed E-state index contributed by atoms with van der Waals surface area (Å²) < 4.78 is 5.49. The number of hydrogen-bond donors (Lipinski definition) is 2. The number of nitrogens with one attached hydrogen (secondary N) is 1. The summed E-state index contributed by atoms with van der Waals surface area (Å²) in [5.74, 6) is 0.579. The maximum absolute atomic E-state index is 11.3. The highest BCUT2D eigenvalue weighted by Gasteiger charge is 2.05. The van der Waals surface area contributed by atoms with Crippen molar-refractivity contribution in [3.05, 3.63) is 28.3 Å². The third-order valence-corrected chi connectivity index (χ3v) is 3.04. The summed E-state index contributed by atoms with van der Waals surface area (Å²) in [4.78, 5) is 11.3. The molecule has 0 aliphatic heterocycles. The highest BCUT2D eigenvalue weighted by molar-refractivity contribution is 6.32. The van der Waals surface area contributed by atoms with Crippen LogP contribution < -0.4 is 10.1 Å². The second-order valence-corrected chi connectivity index (χ2v) is 4.42. The molecule has 1 amide bonds. The molecule has 0 saturated heterocycles. The zero-order chi connectivity index (χ0) is 13.5. The van der Waals surface area contributed by atoms with E-state index in [9.17, 15) is 4.79 Å². The number of halogens is 1. The zero-order valence-corrected chi connectivity index (χ0v) is 11.4. The third-order valence-electron chi connectivity index (χ3n) is 2.44. The van der Waals surface area contributed by atoms with E-state index in [2.05, 4.69) is 5.32 Å². The van der Waals surface area contributed by atoms with E-state index in [1.165, 1.54) is 0 Å². The fraction of sp³-hybridized carbons (Fsp3) is 0.462. The molecule has 0 fully saturated rings. The Hall–Kier alpha value is -1.26. The Morgan fingerprint density at radius 1 is 1.39 bits per heavy atom. The van der Waals surface area contributed by atoms with E-state index >= 15 is 0 Å². The number of aliphatic hydroxyl groups excluding tert-OH is 1. The van der Waals surface area contributed by atoms with Gasteiger partial charge in [-0.3, -0.25) is 4.79 Å². The molecule has 0 heterocycles. The molecule has 0 aromatic heterocycles. The minimum Gasteiger partial charge on any atom is -0.493 e. The van der Waals surface area contributed by atoms with Crippen LogP contribution in [0.15, 0.2) is 12.1 Å². The Morgan fingerprint density at radius 3 is 2.56 bits per heavy atom.